The van der Waals surface area contributed by atoms with E-state index in [0.717, 1.165) is 5.69 Å². The van der Waals surface area contributed by atoms with E-state index in [1.54, 1.807) is 12.1 Å². The summed E-state index contributed by atoms with van der Waals surface area (Å²) < 4.78 is 12.6. The van der Waals surface area contributed by atoms with Gasteiger partial charge in [0.05, 0.1) is 0 Å². The lowest BCUT2D eigenvalue weighted by molar-refractivity contribution is 0.628. The monoisotopic (exact) mass is 246 g/mol. The highest BCUT2D eigenvalue weighted by atomic mass is 32.1. The molecule has 0 unspecified atom stereocenters. The molecule has 1 aromatic carbocycles. The van der Waals surface area contributed by atoms with Crippen molar-refractivity contribution in [2.75, 3.05) is 5.32 Å². The zero-order valence-corrected chi connectivity index (χ0v) is 10.5. The van der Waals surface area contributed by atoms with E-state index >= 15 is 0 Å². The van der Waals surface area contributed by atoms with Gasteiger partial charge in [-0.1, -0.05) is 0 Å². The van der Waals surface area contributed by atoms with Gasteiger partial charge in [0.25, 0.3) is 0 Å². The maximum absolute atomic E-state index is 12.6. The first-order chi connectivity index (χ1) is 6.58. The molecule has 0 aliphatic heterocycles. The van der Waals surface area contributed by atoms with Crippen LogP contribution in [0.1, 0.15) is 13.8 Å². The molecule has 0 fully saturated rings. The van der Waals surface area contributed by atoms with Crippen LogP contribution in [-0.4, -0.2) is 11.2 Å². The molecule has 1 aromatic rings. The highest BCUT2D eigenvalue weighted by Gasteiger charge is 1.98. The topological polar surface area (TPSA) is 24.1 Å². The SMILES string of the molecule is CC(C)NC(=S)Nc1ccc(F)cc1.S. The lowest BCUT2D eigenvalue weighted by Crippen LogP contribution is -2.33. The molecule has 0 amide bonds. The standard InChI is InChI=1S/C10H13FN2S.H2S/c1-7(2)12-10(14)13-9-5-3-8(11)4-6-9;/h3-7H,1-2H3,(H2,12,13,14);1H2. The molecule has 0 saturated heterocycles. The highest BCUT2D eigenvalue weighted by molar-refractivity contribution is 7.80. The van der Waals surface area contributed by atoms with Crippen LogP contribution < -0.4 is 10.6 Å². The van der Waals surface area contributed by atoms with Crippen LogP contribution >= 0.6 is 25.7 Å². The average Bonchev–Trinajstić information content (AvgIpc) is 2.07. The maximum atomic E-state index is 12.6. The van der Waals surface area contributed by atoms with Crippen LogP contribution in [0, 0.1) is 5.82 Å². The normalized spacial score (nSPS) is 9.33. The van der Waals surface area contributed by atoms with Gasteiger partial charge >= 0.3 is 0 Å². The van der Waals surface area contributed by atoms with Gasteiger partial charge in [-0.25, -0.2) is 4.39 Å². The van der Waals surface area contributed by atoms with E-state index in [0.29, 0.717) is 5.11 Å². The molecule has 0 bridgehead atoms. The van der Waals surface area contributed by atoms with Crippen LogP contribution in [0.3, 0.4) is 0 Å². The highest BCUT2D eigenvalue weighted by Crippen LogP contribution is 2.07. The van der Waals surface area contributed by atoms with Crippen molar-refractivity contribution >= 4 is 36.5 Å². The molecule has 2 nitrogen and oxygen atoms in total. The van der Waals surface area contributed by atoms with Crippen LogP contribution in [-0.2, 0) is 0 Å². The average molecular weight is 246 g/mol. The summed E-state index contributed by atoms with van der Waals surface area (Å²) in [5.74, 6) is -0.252. The predicted molar refractivity (Wildman–Crippen MR) is 71.3 cm³/mol. The molecule has 0 heterocycles. The Hall–Kier alpha value is -0.810. The van der Waals surface area contributed by atoms with Gasteiger partial charge in [0.15, 0.2) is 5.11 Å². The van der Waals surface area contributed by atoms with Gasteiger partial charge < -0.3 is 10.6 Å². The second-order valence-electron chi connectivity index (χ2n) is 3.26. The third kappa shape index (κ3) is 5.59. The minimum atomic E-state index is -0.252. The first kappa shape index (κ1) is 14.2. The number of nitrogens with one attached hydrogen (secondary N) is 2. The summed E-state index contributed by atoms with van der Waals surface area (Å²) in [5.41, 5.74) is 0.782. The second-order valence-corrected chi connectivity index (χ2v) is 3.67. The van der Waals surface area contributed by atoms with Crippen molar-refractivity contribution in [1.82, 2.24) is 5.32 Å². The smallest absolute Gasteiger partial charge is 0.170 e. The van der Waals surface area contributed by atoms with Gasteiger partial charge in [-0.05, 0) is 50.3 Å². The molecule has 0 aliphatic carbocycles. The zero-order valence-electron chi connectivity index (χ0n) is 8.67. The van der Waals surface area contributed by atoms with Gasteiger partial charge in [0.1, 0.15) is 5.82 Å². The number of hydrogen-bond donors (Lipinski definition) is 2. The Morgan fingerprint density at radius 3 is 2.27 bits per heavy atom. The Labute approximate surface area is 102 Å². The summed E-state index contributed by atoms with van der Waals surface area (Å²) in [5, 5.41) is 6.53. The Kier molecular flexibility index (Phi) is 6.27. The van der Waals surface area contributed by atoms with Crippen molar-refractivity contribution in [3.63, 3.8) is 0 Å². The first-order valence-electron chi connectivity index (χ1n) is 4.41. The molecule has 0 spiro atoms. The summed E-state index contributed by atoms with van der Waals surface area (Å²) in [7, 11) is 0. The van der Waals surface area contributed by atoms with Crippen molar-refractivity contribution in [2.45, 2.75) is 19.9 Å². The van der Waals surface area contributed by atoms with Crippen molar-refractivity contribution in [3.8, 4) is 0 Å². The first-order valence-corrected chi connectivity index (χ1v) is 4.82. The second kappa shape index (κ2) is 6.63. The number of rotatable bonds is 2. The molecule has 0 aromatic heterocycles. The molecular formula is C10H15FN2S2. The van der Waals surface area contributed by atoms with Gasteiger partial charge in [-0.2, -0.15) is 13.5 Å². The number of hydrogen-bond acceptors (Lipinski definition) is 1. The minimum absolute atomic E-state index is 0. The molecule has 0 saturated carbocycles. The fourth-order valence-corrected chi connectivity index (χ4v) is 1.32. The molecule has 0 aliphatic rings. The molecule has 5 heteroatoms. The summed E-state index contributed by atoms with van der Waals surface area (Å²) in [6, 6.07) is 6.35. The Balaban J connectivity index is 0.00000196. The fraction of sp³-hybridized carbons (Fsp3) is 0.300. The molecule has 0 radical (unpaired) electrons. The maximum Gasteiger partial charge on any atom is 0.170 e. The van der Waals surface area contributed by atoms with E-state index in [2.05, 4.69) is 10.6 Å². The zero-order chi connectivity index (χ0) is 10.6. The number of benzene rings is 1. The van der Waals surface area contributed by atoms with E-state index < -0.39 is 0 Å². The lowest BCUT2D eigenvalue weighted by Gasteiger charge is -2.12. The summed E-state index contributed by atoms with van der Waals surface area (Å²) in [6.45, 7) is 4.00. The summed E-state index contributed by atoms with van der Waals surface area (Å²) in [4.78, 5) is 0. The van der Waals surface area contributed by atoms with Gasteiger partial charge in [0, 0.05) is 11.7 Å². The van der Waals surface area contributed by atoms with Crippen molar-refractivity contribution in [1.29, 1.82) is 0 Å². The van der Waals surface area contributed by atoms with E-state index in [-0.39, 0.29) is 25.4 Å². The largest absolute Gasteiger partial charge is 0.360 e. The molecule has 15 heavy (non-hydrogen) atoms. The van der Waals surface area contributed by atoms with Gasteiger partial charge in [0.2, 0.25) is 0 Å². The molecular weight excluding hydrogens is 231 g/mol. The third-order valence-corrected chi connectivity index (χ3v) is 1.74. The Bertz CT molecular complexity index is 312. The van der Waals surface area contributed by atoms with E-state index in [1.165, 1.54) is 12.1 Å². The fourth-order valence-electron chi connectivity index (χ4n) is 0.963. The Morgan fingerprint density at radius 2 is 1.80 bits per heavy atom. The van der Waals surface area contributed by atoms with Gasteiger partial charge in [-0.3, -0.25) is 0 Å². The van der Waals surface area contributed by atoms with Crippen LogP contribution in [0.4, 0.5) is 10.1 Å². The molecule has 2 N–H and O–H groups in total. The molecule has 84 valence electrons. The number of thiocarbonyl (C=S) groups is 1. The quantitative estimate of drug-likeness (QED) is 0.785. The molecule has 1 rings (SSSR count). The molecule has 0 atom stereocenters. The number of anilines is 1. The van der Waals surface area contributed by atoms with Crippen LogP contribution in [0.25, 0.3) is 0 Å². The lowest BCUT2D eigenvalue weighted by atomic mass is 10.3. The van der Waals surface area contributed by atoms with Crippen LogP contribution in [0.5, 0.6) is 0 Å². The number of halogens is 1. The van der Waals surface area contributed by atoms with Crippen LogP contribution in [0.2, 0.25) is 0 Å². The predicted octanol–water partition coefficient (Wildman–Crippen LogP) is 2.63. The van der Waals surface area contributed by atoms with Crippen molar-refractivity contribution in [2.24, 2.45) is 0 Å². The van der Waals surface area contributed by atoms with E-state index in [9.17, 15) is 4.39 Å². The summed E-state index contributed by atoms with van der Waals surface area (Å²) in [6.07, 6.45) is 0. The third-order valence-electron chi connectivity index (χ3n) is 1.52. The summed E-state index contributed by atoms with van der Waals surface area (Å²) >= 11 is 5.03. The van der Waals surface area contributed by atoms with Crippen molar-refractivity contribution < 1.29 is 4.39 Å². The minimum Gasteiger partial charge on any atom is -0.360 e. The van der Waals surface area contributed by atoms with Gasteiger partial charge in [-0.15, -0.1) is 0 Å². The van der Waals surface area contributed by atoms with E-state index in [4.69, 9.17) is 12.2 Å². The van der Waals surface area contributed by atoms with Crippen LogP contribution in [0.15, 0.2) is 24.3 Å². The van der Waals surface area contributed by atoms with Crippen molar-refractivity contribution in [3.05, 3.63) is 30.1 Å². The Morgan fingerprint density at radius 1 is 1.27 bits per heavy atom. The van der Waals surface area contributed by atoms with E-state index in [1.807, 2.05) is 13.8 Å².